The Kier molecular flexibility index (Phi) is 7.54. The number of nitrogens with zero attached hydrogens (tertiary/aromatic N) is 1. The van der Waals surface area contributed by atoms with Crippen LogP contribution in [0.1, 0.15) is 15.9 Å². The Morgan fingerprint density at radius 2 is 2.15 bits per heavy atom. The molecular formula is C14H22ClN3O2. The van der Waals surface area contributed by atoms with Gasteiger partial charge in [0.1, 0.15) is 0 Å². The number of carbonyl (C=O) groups is 1. The Balaban J connectivity index is 2.24. The van der Waals surface area contributed by atoms with Crippen LogP contribution in [0.15, 0.2) is 18.2 Å². The molecule has 0 saturated carbocycles. The summed E-state index contributed by atoms with van der Waals surface area (Å²) in [6.07, 6.45) is 0. The second kappa shape index (κ2) is 8.92. The van der Waals surface area contributed by atoms with Crippen molar-refractivity contribution in [2.24, 2.45) is 5.73 Å². The van der Waals surface area contributed by atoms with Gasteiger partial charge in [-0.25, -0.2) is 0 Å². The normalized spacial score (nSPS) is 11.0. The minimum Gasteiger partial charge on any atom is -0.379 e. The molecule has 0 aliphatic heterocycles. The lowest BCUT2D eigenvalue weighted by Gasteiger charge is -2.11. The maximum absolute atomic E-state index is 11.0. The van der Waals surface area contributed by atoms with E-state index >= 15 is 0 Å². The van der Waals surface area contributed by atoms with Gasteiger partial charge >= 0.3 is 0 Å². The lowest BCUT2D eigenvalue weighted by molar-refractivity contribution is 0.100. The van der Waals surface area contributed by atoms with Crippen molar-refractivity contribution in [3.63, 3.8) is 0 Å². The molecule has 0 bridgehead atoms. The predicted molar refractivity (Wildman–Crippen MR) is 81.0 cm³/mol. The quantitative estimate of drug-likeness (QED) is 0.670. The minimum atomic E-state index is -0.472. The third-order valence-corrected chi connectivity index (χ3v) is 3.11. The molecule has 0 fully saturated rings. The lowest BCUT2D eigenvalue weighted by atomic mass is 10.1. The van der Waals surface area contributed by atoms with Crippen molar-refractivity contribution in [3.05, 3.63) is 34.3 Å². The van der Waals surface area contributed by atoms with E-state index in [9.17, 15) is 4.79 Å². The van der Waals surface area contributed by atoms with Crippen LogP contribution in [0.5, 0.6) is 0 Å². The zero-order valence-corrected chi connectivity index (χ0v) is 12.7. The van der Waals surface area contributed by atoms with Gasteiger partial charge in [0.25, 0.3) is 0 Å². The van der Waals surface area contributed by atoms with E-state index in [4.69, 9.17) is 22.1 Å². The molecule has 1 aromatic rings. The first-order valence-corrected chi connectivity index (χ1v) is 6.90. The molecular weight excluding hydrogens is 278 g/mol. The topological polar surface area (TPSA) is 67.6 Å². The Hall–Kier alpha value is -1.14. The number of benzene rings is 1. The number of rotatable bonds is 9. The number of carbonyl (C=O) groups excluding carboxylic acids is 1. The van der Waals surface area contributed by atoms with E-state index in [-0.39, 0.29) is 0 Å². The molecule has 0 radical (unpaired) electrons. The Morgan fingerprint density at radius 1 is 1.40 bits per heavy atom. The standard InChI is InChI=1S/C14H22ClN3O2/c1-18(2)6-8-20-7-5-17-10-12-4-3-11(14(16)19)9-13(12)15/h3-4,9,17H,5-8,10H2,1-2H3,(H2,16,19). The second-order valence-electron chi connectivity index (χ2n) is 4.76. The van der Waals surface area contributed by atoms with Gasteiger partial charge in [0, 0.05) is 30.2 Å². The summed E-state index contributed by atoms with van der Waals surface area (Å²) in [7, 11) is 4.03. The monoisotopic (exact) mass is 299 g/mol. The third-order valence-electron chi connectivity index (χ3n) is 2.76. The summed E-state index contributed by atoms with van der Waals surface area (Å²) in [5, 5.41) is 3.78. The van der Waals surface area contributed by atoms with E-state index in [1.165, 1.54) is 0 Å². The summed E-state index contributed by atoms with van der Waals surface area (Å²) in [5.41, 5.74) is 6.55. The van der Waals surface area contributed by atoms with Crippen molar-refractivity contribution in [1.82, 2.24) is 10.2 Å². The fourth-order valence-electron chi connectivity index (χ4n) is 1.56. The first-order chi connectivity index (χ1) is 9.50. The van der Waals surface area contributed by atoms with Gasteiger partial charge in [-0.3, -0.25) is 4.79 Å². The maximum atomic E-state index is 11.0. The smallest absolute Gasteiger partial charge is 0.248 e. The molecule has 0 atom stereocenters. The largest absolute Gasteiger partial charge is 0.379 e. The molecule has 20 heavy (non-hydrogen) atoms. The van der Waals surface area contributed by atoms with Gasteiger partial charge in [0.2, 0.25) is 5.91 Å². The van der Waals surface area contributed by atoms with E-state index in [0.29, 0.717) is 23.7 Å². The minimum absolute atomic E-state index is 0.422. The number of nitrogens with one attached hydrogen (secondary N) is 1. The summed E-state index contributed by atoms with van der Waals surface area (Å²) in [6.45, 7) is 3.68. The van der Waals surface area contributed by atoms with Crippen LogP contribution in [0.4, 0.5) is 0 Å². The van der Waals surface area contributed by atoms with Crippen LogP contribution in [-0.4, -0.2) is 51.2 Å². The molecule has 0 saturated heterocycles. The lowest BCUT2D eigenvalue weighted by Crippen LogP contribution is -2.23. The van der Waals surface area contributed by atoms with Gasteiger partial charge < -0.3 is 20.7 Å². The zero-order valence-electron chi connectivity index (χ0n) is 12.0. The van der Waals surface area contributed by atoms with Crippen molar-refractivity contribution < 1.29 is 9.53 Å². The molecule has 0 unspecified atom stereocenters. The van der Waals surface area contributed by atoms with Crippen molar-refractivity contribution in [2.75, 3.05) is 40.4 Å². The van der Waals surface area contributed by atoms with Crippen molar-refractivity contribution in [1.29, 1.82) is 0 Å². The Bertz CT molecular complexity index is 438. The van der Waals surface area contributed by atoms with Crippen LogP contribution in [0.3, 0.4) is 0 Å². The molecule has 0 heterocycles. The average molecular weight is 300 g/mol. The molecule has 5 nitrogen and oxygen atoms in total. The summed E-state index contributed by atoms with van der Waals surface area (Å²) in [6, 6.07) is 5.08. The molecule has 0 spiro atoms. The molecule has 0 aromatic heterocycles. The van der Waals surface area contributed by atoms with Gasteiger partial charge in [-0.2, -0.15) is 0 Å². The first-order valence-electron chi connectivity index (χ1n) is 6.52. The van der Waals surface area contributed by atoms with Crippen LogP contribution < -0.4 is 11.1 Å². The highest BCUT2D eigenvalue weighted by molar-refractivity contribution is 6.31. The highest BCUT2D eigenvalue weighted by atomic mass is 35.5. The number of hydrogen-bond acceptors (Lipinski definition) is 4. The number of ether oxygens (including phenoxy) is 1. The maximum Gasteiger partial charge on any atom is 0.248 e. The fourth-order valence-corrected chi connectivity index (χ4v) is 1.81. The number of primary amides is 1. The Morgan fingerprint density at radius 3 is 2.75 bits per heavy atom. The average Bonchev–Trinajstić information content (AvgIpc) is 2.38. The second-order valence-corrected chi connectivity index (χ2v) is 5.17. The number of likely N-dealkylation sites (N-methyl/N-ethyl adjacent to an activating group) is 1. The third kappa shape index (κ3) is 6.34. The Labute approximate surface area is 125 Å². The molecule has 0 aliphatic rings. The van der Waals surface area contributed by atoms with Crippen LogP contribution in [0.25, 0.3) is 0 Å². The molecule has 1 rings (SSSR count). The molecule has 3 N–H and O–H groups in total. The van der Waals surface area contributed by atoms with E-state index in [1.54, 1.807) is 12.1 Å². The van der Waals surface area contributed by atoms with Gasteiger partial charge in [-0.1, -0.05) is 17.7 Å². The number of hydrogen-bond donors (Lipinski definition) is 2. The number of nitrogens with two attached hydrogens (primary N) is 1. The molecule has 6 heteroatoms. The summed E-state index contributed by atoms with van der Waals surface area (Å²) in [4.78, 5) is 13.1. The van der Waals surface area contributed by atoms with Gasteiger partial charge in [0.15, 0.2) is 0 Å². The first kappa shape index (κ1) is 16.9. The predicted octanol–water partition coefficient (Wildman–Crippen LogP) is 1.11. The molecule has 0 aliphatic carbocycles. The van der Waals surface area contributed by atoms with Gasteiger partial charge in [-0.15, -0.1) is 0 Å². The molecule has 1 aromatic carbocycles. The molecule has 1 amide bonds. The van der Waals surface area contributed by atoms with Crippen molar-refractivity contribution in [2.45, 2.75) is 6.54 Å². The summed E-state index contributed by atoms with van der Waals surface area (Å²) < 4.78 is 5.46. The van der Waals surface area contributed by atoms with Crippen molar-refractivity contribution in [3.8, 4) is 0 Å². The number of halogens is 1. The van der Waals surface area contributed by atoms with E-state index in [1.807, 2.05) is 20.2 Å². The van der Waals surface area contributed by atoms with Crippen LogP contribution in [0.2, 0.25) is 5.02 Å². The highest BCUT2D eigenvalue weighted by Gasteiger charge is 2.05. The van der Waals surface area contributed by atoms with E-state index < -0.39 is 5.91 Å². The highest BCUT2D eigenvalue weighted by Crippen LogP contribution is 2.17. The van der Waals surface area contributed by atoms with E-state index in [2.05, 4.69) is 10.2 Å². The van der Waals surface area contributed by atoms with E-state index in [0.717, 1.165) is 25.3 Å². The molecule has 112 valence electrons. The van der Waals surface area contributed by atoms with Gasteiger partial charge in [-0.05, 0) is 31.8 Å². The fraction of sp³-hybridized carbons (Fsp3) is 0.500. The zero-order chi connectivity index (χ0) is 15.0. The summed E-state index contributed by atoms with van der Waals surface area (Å²) >= 11 is 6.09. The van der Waals surface area contributed by atoms with Crippen molar-refractivity contribution >= 4 is 17.5 Å². The van der Waals surface area contributed by atoms with Crippen LogP contribution in [-0.2, 0) is 11.3 Å². The SMILES string of the molecule is CN(C)CCOCCNCc1ccc(C(N)=O)cc1Cl. The summed E-state index contributed by atoms with van der Waals surface area (Å²) in [5.74, 6) is -0.472. The van der Waals surface area contributed by atoms with Gasteiger partial charge in [0.05, 0.1) is 13.2 Å². The van der Waals surface area contributed by atoms with Crippen LogP contribution >= 0.6 is 11.6 Å². The van der Waals surface area contributed by atoms with Crippen LogP contribution in [0, 0.1) is 0 Å². The number of amides is 1.